The molecule has 64 heavy (non-hydrogen) atoms. The Balaban J connectivity index is 1.16. The van der Waals surface area contributed by atoms with Crippen molar-refractivity contribution in [2.45, 2.75) is 19.3 Å². The lowest BCUT2D eigenvalue weighted by molar-refractivity contribution is 0.662. The van der Waals surface area contributed by atoms with Crippen LogP contribution in [0.25, 0.3) is 106 Å². The summed E-state index contributed by atoms with van der Waals surface area (Å²) in [7, 11) is 0. The van der Waals surface area contributed by atoms with Crippen molar-refractivity contribution in [3.8, 4) is 84.1 Å². The van der Waals surface area contributed by atoms with Crippen molar-refractivity contribution in [3.05, 3.63) is 236 Å². The molecule has 0 aliphatic heterocycles. The summed E-state index contributed by atoms with van der Waals surface area (Å²) in [6.45, 7) is 4.74. The van der Waals surface area contributed by atoms with Crippen LogP contribution in [0.15, 0.2) is 224 Å². The van der Waals surface area contributed by atoms with E-state index in [2.05, 4.69) is 243 Å². The third-order valence-electron chi connectivity index (χ3n) is 13.2. The molecule has 0 spiro atoms. The summed E-state index contributed by atoms with van der Waals surface area (Å²) in [5, 5.41) is 2.26. The smallest absolute Gasteiger partial charge is 0.161 e. The van der Waals surface area contributed by atoms with E-state index in [1.54, 1.807) is 0 Å². The van der Waals surface area contributed by atoms with Gasteiger partial charge in [0.15, 0.2) is 5.82 Å². The van der Waals surface area contributed by atoms with Crippen LogP contribution in [0.4, 0.5) is 0 Å². The lowest BCUT2D eigenvalue weighted by Crippen LogP contribution is -2.16. The molecule has 302 valence electrons. The quantitative estimate of drug-likeness (QED) is 0.160. The van der Waals surface area contributed by atoms with Crippen LogP contribution in [-0.2, 0) is 5.41 Å². The Kier molecular flexibility index (Phi) is 8.84. The van der Waals surface area contributed by atoms with Gasteiger partial charge in [0, 0.05) is 38.6 Å². The van der Waals surface area contributed by atoms with Crippen LogP contribution < -0.4 is 0 Å². The molecule has 0 atom stereocenters. The minimum atomic E-state index is -0.165. The lowest BCUT2D eigenvalue weighted by atomic mass is 9.79. The van der Waals surface area contributed by atoms with E-state index in [9.17, 15) is 0 Å². The summed E-state index contributed by atoms with van der Waals surface area (Å²) in [5.41, 5.74) is 20.5. The molecule has 0 N–H and O–H groups in total. The minimum absolute atomic E-state index is 0.165. The molecular weight excluding hydrogens is 775 g/mol. The van der Waals surface area contributed by atoms with Gasteiger partial charge in [-0.2, -0.15) is 0 Å². The van der Waals surface area contributed by atoms with Crippen molar-refractivity contribution in [1.82, 2.24) is 14.5 Å². The second-order valence-corrected chi connectivity index (χ2v) is 17.4. The number of benzene rings is 9. The Hall–Kier alpha value is -8.14. The first-order valence-corrected chi connectivity index (χ1v) is 22.1. The first-order valence-electron chi connectivity index (χ1n) is 22.1. The zero-order valence-electron chi connectivity index (χ0n) is 35.7. The van der Waals surface area contributed by atoms with Crippen LogP contribution in [0.5, 0.6) is 0 Å². The second-order valence-electron chi connectivity index (χ2n) is 17.4. The molecule has 0 fully saturated rings. The predicted octanol–water partition coefficient (Wildman–Crippen LogP) is 15.9. The van der Waals surface area contributed by atoms with Crippen molar-refractivity contribution < 1.29 is 0 Å². The van der Waals surface area contributed by atoms with Gasteiger partial charge in [-0.3, -0.25) is 0 Å². The number of hydrogen-bond donors (Lipinski definition) is 0. The van der Waals surface area contributed by atoms with Gasteiger partial charge in [0.1, 0.15) is 0 Å². The van der Waals surface area contributed by atoms with Crippen LogP contribution in [-0.4, -0.2) is 14.5 Å². The largest absolute Gasteiger partial charge is 0.309 e. The second kappa shape index (κ2) is 15.0. The Morgan fingerprint density at radius 2 is 0.875 bits per heavy atom. The molecule has 0 amide bonds. The molecule has 0 saturated carbocycles. The topological polar surface area (TPSA) is 30.7 Å². The molecule has 1 aliphatic rings. The lowest BCUT2D eigenvalue weighted by Gasteiger charge is -2.24. The number of nitrogens with zero attached hydrogens (tertiary/aromatic N) is 3. The zero-order chi connectivity index (χ0) is 42.8. The molecule has 0 unspecified atom stereocenters. The Labute approximate surface area is 373 Å². The summed E-state index contributed by atoms with van der Waals surface area (Å²) >= 11 is 0. The van der Waals surface area contributed by atoms with Crippen LogP contribution in [0.1, 0.15) is 25.0 Å². The standard InChI is InChI=1S/C61H43N3/c1-61(2)53-31-16-15-27-49(53)50-29-17-28-48(59(50)61)44-33-34-56-52(38-44)58-51(60-62-54(42-23-11-5-12-24-42)39-55(63-60)43-25-13-6-14-26-43)30-18-32-57(58)64(56)47-36-45(40-19-7-3-8-20-40)35-46(37-47)41-21-9-4-10-22-41/h3-39H,1-2H3. The molecule has 11 aromatic rings. The Bertz CT molecular complexity index is 3440. The highest BCUT2D eigenvalue weighted by molar-refractivity contribution is 6.16. The van der Waals surface area contributed by atoms with Crippen LogP contribution in [0.3, 0.4) is 0 Å². The van der Waals surface area contributed by atoms with Gasteiger partial charge >= 0.3 is 0 Å². The SMILES string of the molecule is CC1(C)c2ccccc2-c2cccc(-c3ccc4c(c3)c3c(-c5nc(-c6ccccc6)cc(-c6ccccc6)n5)cccc3n4-c3cc(-c4ccccc4)cc(-c4ccccc4)c3)c21. The van der Waals surface area contributed by atoms with E-state index in [0.29, 0.717) is 5.82 Å². The fourth-order valence-electron chi connectivity index (χ4n) is 10.2. The van der Waals surface area contributed by atoms with Gasteiger partial charge in [-0.25, -0.2) is 9.97 Å². The normalized spacial score (nSPS) is 12.7. The van der Waals surface area contributed by atoms with Crippen molar-refractivity contribution >= 4 is 21.8 Å². The highest BCUT2D eigenvalue weighted by atomic mass is 15.0. The van der Waals surface area contributed by atoms with Crippen molar-refractivity contribution in [2.24, 2.45) is 0 Å². The van der Waals surface area contributed by atoms with Crippen LogP contribution in [0, 0.1) is 0 Å². The molecular formula is C61H43N3. The average molecular weight is 818 g/mol. The maximum absolute atomic E-state index is 5.40. The van der Waals surface area contributed by atoms with Gasteiger partial charge in [-0.1, -0.05) is 196 Å². The van der Waals surface area contributed by atoms with Gasteiger partial charge in [0.25, 0.3) is 0 Å². The molecule has 2 heterocycles. The first kappa shape index (κ1) is 37.6. The van der Waals surface area contributed by atoms with Crippen molar-refractivity contribution in [3.63, 3.8) is 0 Å². The maximum atomic E-state index is 5.40. The molecule has 0 radical (unpaired) electrons. The third-order valence-corrected chi connectivity index (χ3v) is 13.2. The van der Waals surface area contributed by atoms with E-state index >= 15 is 0 Å². The van der Waals surface area contributed by atoms with Gasteiger partial charge in [-0.15, -0.1) is 0 Å². The summed E-state index contributed by atoms with van der Waals surface area (Å²) in [6, 6.07) is 80.8. The summed E-state index contributed by atoms with van der Waals surface area (Å²) < 4.78 is 2.45. The van der Waals surface area contributed by atoms with Crippen molar-refractivity contribution in [1.29, 1.82) is 0 Å². The summed E-state index contributed by atoms with van der Waals surface area (Å²) in [5.74, 6) is 0.690. The highest BCUT2D eigenvalue weighted by Gasteiger charge is 2.37. The van der Waals surface area contributed by atoms with Crippen LogP contribution in [0.2, 0.25) is 0 Å². The van der Waals surface area contributed by atoms with E-state index in [1.807, 2.05) is 0 Å². The van der Waals surface area contributed by atoms with Gasteiger partial charge < -0.3 is 4.57 Å². The van der Waals surface area contributed by atoms with E-state index < -0.39 is 0 Å². The highest BCUT2D eigenvalue weighted by Crippen LogP contribution is 2.52. The summed E-state index contributed by atoms with van der Waals surface area (Å²) in [4.78, 5) is 10.8. The number of aromatic nitrogens is 3. The zero-order valence-corrected chi connectivity index (χ0v) is 35.7. The van der Waals surface area contributed by atoms with E-state index in [-0.39, 0.29) is 5.41 Å². The molecule has 0 saturated heterocycles. The van der Waals surface area contributed by atoms with Crippen LogP contribution >= 0.6 is 0 Å². The fourth-order valence-corrected chi connectivity index (χ4v) is 10.2. The monoisotopic (exact) mass is 817 g/mol. The summed E-state index contributed by atoms with van der Waals surface area (Å²) in [6.07, 6.45) is 0. The molecule has 9 aromatic carbocycles. The molecule has 12 rings (SSSR count). The average Bonchev–Trinajstić information content (AvgIpc) is 3.83. The maximum Gasteiger partial charge on any atom is 0.161 e. The molecule has 1 aliphatic carbocycles. The third kappa shape index (κ3) is 6.20. The molecule has 3 nitrogen and oxygen atoms in total. The number of rotatable bonds is 7. The van der Waals surface area contributed by atoms with Crippen molar-refractivity contribution in [2.75, 3.05) is 0 Å². The van der Waals surface area contributed by atoms with Gasteiger partial charge in [0.05, 0.1) is 22.4 Å². The first-order chi connectivity index (χ1) is 31.5. The van der Waals surface area contributed by atoms with E-state index in [0.717, 1.165) is 66.7 Å². The predicted molar refractivity (Wildman–Crippen MR) is 267 cm³/mol. The number of fused-ring (bicyclic) bond motifs is 6. The van der Waals surface area contributed by atoms with E-state index in [4.69, 9.17) is 9.97 Å². The fraction of sp³-hybridized carbons (Fsp3) is 0.0492. The molecule has 2 aromatic heterocycles. The van der Waals surface area contributed by atoms with E-state index in [1.165, 1.54) is 44.5 Å². The van der Waals surface area contributed by atoms with Gasteiger partial charge in [0.2, 0.25) is 0 Å². The molecule has 3 heteroatoms. The Morgan fingerprint density at radius 1 is 0.359 bits per heavy atom. The minimum Gasteiger partial charge on any atom is -0.309 e. The van der Waals surface area contributed by atoms with Gasteiger partial charge in [-0.05, 0) is 98.1 Å². The number of hydrogen-bond acceptors (Lipinski definition) is 2. The molecule has 0 bridgehead atoms. The Morgan fingerprint density at radius 3 is 1.50 bits per heavy atom.